The van der Waals surface area contributed by atoms with Crippen molar-refractivity contribution in [2.24, 2.45) is 5.92 Å². The van der Waals surface area contributed by atoms with Gasteiger partial charge in [-0.05, 0) is 44.4 Å². The van der Waals surface area contributed by atoms with Crippen LogP contribution in [0.25, 0.3) is 0 Å². The minimum absolute atomic E-state index is 0.629. The molecule has 0 aliphatic heterocycles. The highest BCUT2D eigenvalue weighted by Gasteiger charge is 2.35. The van der Waals surface area contributed by atoms with Gasteiger partial charge in [0, 0.05) is 11.3 Å². The van der Waals surface area contributed by atoms with Gasteiger partial charge in [0.05, 0.1) is 0 Å². The molecular weight excluding hydrogens is 178 g/mol. The van der Waals surface area contributed by atoms with Crippen LogP contribution in [0.15, 0.2) is 0 Å². The maximum absolute atomic E-state index is 3.66. The van der Waals surface area contributed by atoms with E-state index in [-0.39, 0.29) is 0 Å². The van der Waals surface area contributed by atoms with Gasteiger partial charge in [-0.2, -0.15) is 11.8 Å². The molecule has 0 atom stereocenters. The van der Waals surface area contributed by atoms with E-state index in [2.05, 4.69) is 23.3 Å². The van der Waals surface area contributed by atoms with Crippen LogP contribution in [0, 0.1) is 5.92 Å². The van der Waals surface area contributed by atoms with Crippen molar-refractivity contribution in [2.45, 2.75) is 43.3 Å². The Morgan fingerprint density at radius 2 is 2.08 bits per heavy atom. The standard InChI is InChI=1S/C11H21NS/c1-13-11(6-3-7-11)9-12-8-10-4-2-5-10/h10,12H,2-9H2,1H3. The molecule has 0 aromatic carbocycles. The molecule has 0 aromatic rings. The Morgan fingerprint density at radius 1 is 1.31 bits per heavy atom. The first-order valence-electron chi connectivity index (χ1n) is 5.60. The number of hydrogen-bond donors (Lipinski definition) is 1. The fraction of sp³-hybridized carbons (Fsp3) is 1.00. The van der Waals surface area contributed by atoms with E-state index in [0.717, 1.165) is 5.92 Å². The van der Waals surface area contributed by atoms with Crippen molar-refractivity contribution in [1.82, 2.24) is 5.32 Å². The lowest BCUT2D eigenvalue weighted by molar-refractivity contribution is 0.279. The zero-order valence-electron chi connectivity index (χ0n) is 8.64. The maximum atomic E-state index is 3.66. The minimum atomic E-state index is 0.629. The molecule has 0 aromatic heterocycles. The van der Waals surface area contributed by atoms with Crippen molar-refractivity contribution < 1.29 is 0 Å². The Kier molecular flexibility index (Phi) is 3.20. The Hall–Kier alpha value is 0.310. The molecule has 2 heteroatoms. The SMILES string of the molecule is CSC1(CNCC2CCC2)CCC1. The monoisotopic (exact) mass is 199 g/mol. The molecule has 2 aliphatic carbocycles. The summed E-state index contributed by atoms with van der Waals surface area (Å²) in [7, 11) is 0. The van der Waals surface area contributed by atoms with E-state index in [1.807, 2.05) is 0 Å². The van der Waals surface area contributed by atoms with E-state index in [1.54, 1.807) is 0 Å². The molecule has 0 bridgehead atoms. The van der Waals surface area contributed by atoms with E-state index < -0.39 is 0 Å². The number of hydrogen-bond acceptors (Lipinski definition) is 2. The van der Waals surface area contributed by atoms with Crippen molar-refractivity contribution in [2.75, 3.05) is 19.3 Å². The second kappa shape index (κ2) is 4.22. The first-order valence-corrected chi connectivity index (χ1v) is 6.83. The topological polar surface area (TPSA) is 12.0 Å². The van der Waals surface area contributed by atoms with E-state index in [1.165, 1.54) is 51.6 Å². The second-order valence-corrected chi connectivity index (χ2v) is 5.94. The molecule has 0 unspecified atom stereocenters. The molecule has 0 radical (unpaired) electrons. The van der Waals surface area contributed by atoms with Crippen molar-refractivity contribution in [3.8, 4) is 0 Å². The van der Waals surface area contributed by atoms with Gasteiger partial charge in [-0.1, -0.05) is 12.8 Å². The van der Waals surface area contributed by atoms with Gasteiger partial charge in [0.25, 0.3) is 0 Å². The molecule has 0 heterocycles. The fourth-order valence-corrected chi connectivity index (χ4v) is 3.17. The van der Waals surface area contributed by atoms with Crippen LogP contribution in [0.2, 0.25) is 0 Å². The zero-order chi connectivity index (χ0) is 9.15. The average molecular weight is 199 g/mol. The number of nitrogens with one attached hydrogen (secondary N) is 1. The Bertz CT molecular complexity index is 156. The minimum Gasteiger partial charge on any atom is -0.315 e. The lowest BCUT2D eigenvalue weighted by Gasteiger charge is -2.41. The molecule has 0 amide bonds. The van der Waals surface area contributed by atoms with Crippen LogP contribution >= 0.6 is 11.8 Å². The second-order valence-electron chi connectivity index (χ2n) is 4.67. The van der Waals surface area contributed by atoms with Crippen molar-refractivity contribution in [3.63, 3.8) is 0 Å². The van der Waals surface area contributed by atoms with Gasteiger partial charge in [-0.3, -0.25) is 0 Å². The Labute approximate surface area is 86.0 Å². The van der Waals surface area contributed by atoms with Crippen LogP contribution in [0.3, 0.4) is 0 Å². The largest absolute Gasteiger partial charge is 0.315 e. The quantitative estimate of drug-likeness (QED) is 0.730. The first kappa shape index (κ1) is 9.85. The summed E-state index contributed by atoms with van der Waals surface area (Å²) < 4.78 is 0.629. The van der Waals surface area contributed by atoms with Gasteiger partial charge in [0.15, 0.2) is 0 Å². The van der Waals surface area contributed by atoms with Crippen LogP contribution in [0.5, 0.6) is 0 Å². The summed E-state index contributed by atoms with van der Waals surface area (Å²) in [5.41, 5.74) is 0. The molecule has 2 saturated carbocycles. The summed E-state index contributed by atoms with van der Waals surface area (Å²) in [6, 6.07) is 0. The summed E-state index contributed by atoms with van der Waals surface area (Å²) in [6.45, 7) is 2.53. The molecule has 2 fully saturated rings. The van der Waals surface area contributed by atoms with Gasteiger partial charge < -0.3 is 5.32 Å². The van der Waals surface area contributed by atoms with Crippen LogP contribution in [0.4, 0.5) is 0 Å². The van der Waals surface area contributed by atoms with Crippen molar-refractivity contribution >= 4 is 11.8 Å². The average Bonchev–Trinajstić information content (AvgIpc) is 1.99. The van der Waals surface area contributed by atoms with Crippen LogP contribution in [-0.4, -0.2) is 24.1 Å². The molecule has 2 rings (SSSR count). The third-order valence-corrected chi connectivity index (χ3v) is 5.22. The zero-order valence-corrected chi connectivity index (χ0v) is 9.46. The van der Waals surface area contributed by atoms with Crippen molar-refractivity contribution in [3.05, 3.63) is 0 Å². The van der Waals surface area contributed by atoms with Crippen molar-refractivity contribution in [1.29, 1.82) is 0 Å². The highest BCUT2D eigenvalue weighted by atomic mass is 32.2. The van der Waals surface area contributed by atoms with E-state index >= 15 is 0 Å². The Morgan fingerprint density at radius 3 is 2.46 bits per heavy atom. The molecule has 0 saturated heterocycles. The van der Waals surface area contributed by atoms with Gasteiger partial charge >= 0.3 is 0 Å². The third kappa shape index (κ3) is 2.21. The molecule has 76 valence electrons. The van der Waals surface area contributed by atoms with E-state index in [9.17, 15) is 0 Å². The van der Waals surface area contributed by atoms with Gasteiger partial charge in [-0.25, -0.2) is 0 Å². The molecule has 2 aliphatic rings. The molecule has 13 heavy (non-hydrogen) atoms. The highest BCUT2D eigenvalue weighted by Crippen LogP contribution is 2.42. The number of rotatable bonds is 5. The van der Waals surface area contributed by atoms with Crippen LogP contribution in [-0.2, 0) is 0 Å². The molecule has 1 nitrogen and oxygen atoms in total. The summed E-state index contributed by atoms with van der Waals surface area (Å²) in [4.78, 5) is 0. The summed E-state index contributed by atoms with van der Waals surface area (Å²) in [5, 5.41) is 3.66. The Balaban J connectivity index is 1.60. The smallest absolute Gasteiger partial charge is 0.0281 e. The summed E-state index contributed by atoms with van der Waals surface area (Å²) >= 11 is 2.07. The van der Waals surface area contributed by atoms with E-state index in [4.69, 9.17) is 0 Å². The predicted octanol–water partition coefficient (Wildman–Crippen LogP) is 2.66. The lowest BCUT2D eigenvalue weighted by Crippen LogP contribution is -2.45. The summed E-state index contributed by atoms with van der Waals surface area (Å²) in [6.07, 6.45) is 11.0. The lowest BCUT2D eigenvalue weighted by atomic mass is 9.83. The molecule has 0 spiro atoms. The third-order valence-electron chi connectivity index (χ3n) is 3.80. The van der Waals surface area contributed by atoms with Gasteiger partial charge in [0.1, 0.15) is 0 Å². The van der Waals surface area contributed by atoms with Crippen LogP contribution in [0.1, 0.15) is 38.5 Å². The highest BCUT2D eigenvalue weighted by molar-refractivity contribution is 8.00. The number of thioether (sulfide) groups is 1. The van der Waals surface area contributed by atoms with Gasteiger partial charge in [0.2, 0.25) is 0 Å². The van der Waals surface area contributed by atoms with Crippen LogP contribution < -0.4 is 5.32 Å². The maximum Gasteiger partial charge on any atom is 0.0281 e. The molecule has 1 N–H and O–H groups in total. The fourth-order valence-electron chi connectivity index (χ4n) is 2.23. The summed E-state index contributed by atoms with van der Waals surface area (Å²) in [5.74, 6) is 1.01. The predicted molar refractivity (Wildman–Crippen MR) is 60.3 cm³/mol. The van der Waals surface area contributed by atoms with Gasteiger partial charge in [-0.15, -0.1) is 0 Å². The normalized spacial score (nSPS) is 26.5. The van der Waals surface area contributed by atoms with E-state index in [0.29, 0.717) is 4.75 Å². The molecular formula is C11H21NS. The first-order chi connectivity index (χ1) is 6.35.